The number of carbonyl (C=O) groups is 2. The van der Waals surface area contributed by atoms with Crippen LogP contribution in [0.4, 0.5) is 16.2 Å². The van der Waals surface area contributed by atoms with Crippen molar-refractivity contribution in [3.63, 3.8) is 0 Å². The average molecular weight is 396 g/mol. The Balaban J connectivity index is 1.55. The minimum absolute atomic E-state index is 0.149. The van der Waals surface area contributed by atoms with Gasteiger partial charge in [-0.05, 0) is 75.1 Å². The van der Waals surface area contributed by atoms with Crippen LogP contribution in [0.5, 0.6) is 0 Å². The average Bonchev–Trinajstić information content (AvgIpc) is 2.65. The maximum Gasteiger partial charge on any atom is 0.412 e. The van der Waals surface area contributed by atoms with Gasteiger partial charge in [-0.2, -0.15) is 0 Å². The fourth-order valence-corrected chi connectivity index (χ4v) is 3.36. The van der Waals surface area contributed by atoms with Crippen LogP contribution in [-0.2, 0) is 17.7 Å². The van der Waals surface area contributed by atoms with E-state index in [-0.39, 0.29) is 5.91 Å². The zero-order valence-corrected chi connectivity index (χ0v) is 17.5. The normalized spacial score (nSPS) is 13.4. The minimum atomic E-state index is -0.560. The fraction of sp³-hybridized carbons (Fsp3) is 0.391. The van der Waals surface area contributed by atoms with Crippen LogP contribution in [0, 0.1) is 0 Å². The Labute approximate surface area is 172 Å². The SMILES string of the molecule is CN1CCCc2cc(CNC(=O)c3ccc(NC(=O)OC(C)(C)C)cc3)ccc21. The number of nitrogens with one attached hydrogen (secondary N) is 2. The van der Waals surface area contributed by atoms with E-state index in [1.54, 1.807) is 45.0 Å². The number of rotatable bonds is 4. The number of anilines is 2. The van der Waals surface area contributed by atoms with Crippen molar-refractivity contribution in [2.75, 3.05) is 23.8 Å². The first-order chi connectivity index (χ1) is 13.7. The molecule has 154 valence electrons. The maximum absolute atomic E-state index is 12.4. The van der Waals surface area contributed by atoms with Crippen molar-refractivity contribution in [1.29, 1.82) is 0 Å². The van der Waals surface area contributed by atoms with Gasteiger partial charge >= 0.3 is 6.09 Å². The molecule has 2 amide bonds. The zero-order chi connectivity index (χ0) is 21.0. The monoisotopic (exact) mass is 395 g/mol. The molecule has 1 heterocycles. The lowest BCUT2D eigenvalue weighted by Gasteiger charge is -2.27. The quantitative estimate of drug-likeness (QED) is 0.808. The van der Waals surface area contributed by atoms with Gasteiger partial charge in [-0.25, -0.2) is 4.79 Å². The number of fused-ring (bicyclic) bond motifs is 1. The molecular weight excluding hydrogens is 366 g/mol. The van der Waals surface area contributed by atoms with E-state index in [1.807, 2.05) is 0 Å². The first-order valence-corrected chi connectivity index (χ1v) is 9.92. The standard InChI is InChI=1S/C23H29N3O3/c1-23(2,3)29-22(28)25-19-10-8-17(9-11-19)21(27)24-15-16-7-12-20-18(14-16)6-5-13-26(20)4/h7-12,14H,5-6,13,15H2,1-4H3,(H,24,27)(H,25,28). The van der Waals surface area contributed by atoms with E-state index in [4.69, 9.17) is 4.74 Å². The summed E-state index contributed by atoms with van der Waals surface area (Å²) in [7, 11) is 2.11. The van der Waals surface area contributed by atoms with E-state index < -0.39 is 11.7 Å². The van der Waals surface area contributed by atoms with Gasteiger partial charge in [0.25, 0.3) is 5.91 Å². The molecule has 0 spiro atoms. The molecule has 1 aliphatic rings. The third kappa shape index (κ3) is 5.73. The molecule has 0 unspecified atom stereocenters. The molecule has 6 nitrogen and oxygen atoms in total. The van der Waals surface area contributed by atoms with Gasteiger partial charge in [-0.1, -0.05) is 12.1 Å². The lowest BCUT2D eigenvalue weighted by Crippen LogP contribution is -2.27. The van der Waals surface area contributed by atoms with Gasteiger partial charge < -0.3 is 15.0 Å². The Morgan fingerprint density at radius 3 is 2.52 bits per heavy atom. The summed E-state index contributed by atoms with van der Waals surface area (Å²) >= 11 is 0. The number of carbonyl (C=O) groups excluding carboxylic acids is 2. The van der Waals surface area contributed by atoms with E-state index in [2.05, 4.69) is 40.8 Å². The largest absolute Gasteiger partial charge is 0.444 e. The summed E-state index contributed by atoms with van der Waals surface area (Å²) in [6.45, 7) is 6.98. The van der Waals surface area contributed by atoms with Gasteiger partial charge in [0.15, 0.2) is 0 Å². The highest BCUT2D eigenvalue weighted by Gasteiger charge is 2.17. The van der Waals surface area contributed by atoms with Crippen LogP contribution in [0.3, 0.4) is 0 Å². The molecule has 2 aromatic rings. The van der Waals surface area contributed by atoms with E-state index in [0.717, 1.165) is 24.9 Å². The highest BCUT2D eigenvalue weighted by Crippen LogP contribution is 2.26. The molecule has 2 N–H and O–H groups in total. The van der Waals surface area contributed by atoms with E-state index in [9.17, 15) is 9.59 Å². The number of ether oxygens (including phenoxy) is 1. The van der Waals surface area contributed by atoms with Crippen molar-refractivity contribution in [1.82, 2.24) is 5.32 Å². The fourth-order valence-electron chi connectivity index (χ4n) is 3.36. The Hall–Kier alpha value is -3.02. The topological polar surface area (TPSA) is 70.7 Å². The minimum Gasteiger partial charge on any atom is -0.444 e. The molecule has 0 aromatic heterocycles. The second-order valence-electron chi connectivity index (χ2n) is 8.38. The van der Waals surface area contributed by atoms with Gasteiger partial charge in [0.1, 0.15) is 5.60 Å². The summed E-state index contributed by atoms with van der Waals surface area (Å²) in [4.78, 5) is 26.5. The van der Waals surface area contributed by atoms with Gasteiger partial charge in [-0.15, -0.1) is 0 Å². The van der Waals surface area contributed by atoms with Crippen LogP contribution < -0.4 is 15.5 Å². The summed E-state index contributed by atoms with van der Waals surface area (Å²) < 4.78 is 5.22. The van der Waals surface area contributed by atoms with Gasteiger partial charge in [-0.3, -0.25) is 10.1 Å². The molecule has 0 saturated carbocycles. The number of nitrogens with zero attached hydrogens (tertiary/aromatic N) is 1. The summed E-state index contributed by atoms with van der Waals surface area (Å²) in [5.74, 6) is -0.149. The van der Waals surface area contributed by atoms with Crippen molar-refractivity contribution in [2.24, 2.45) is 0 Å². The third-order valence-corrected chi connectivity index (χ3v) is 4.74. The van der Waals surface area contributed by atoms with Crippen molar-refractivity contribution < 1.29 is 14.3 Å². The van der Waals surface area contributed by atoms with Crippen LogP contribution in [0.15, 0.2) is 42.5 Å². The Morgan fingerprint density at radius 1 is 1.10 bits per heavy atom. The Kier molecular flexibility index (Phi) is 6.11. The Morgan fingerprint density at radius 2 is 1.83 bits per heavy atom. The van der Waals surface area contributed by atoms with Crippen LogP contribution in [0.2, 0.25) is 0 Å². The van der Waals surface area contributed by atoms with E-state index in [0.29, 0.717) is 17.8 Å². The predicted molar refractivity (Wildman–Crippen MR) is 116 cm³/mol. The molecule has 0 radical (unpaired) electrons. The third-order valence-electron chi connectivity index (χ3n) is 4.74. The first kappa shape index (κ1) is 20.7. The molecular formula is C23H29N3O3. The lowest BCUT2D eigenvalue weighted by molar-refractivity contribution is 0.0635. The van der Waals surface area contributed by atoms with Gasteiger partial charge in [0.05, 0.1) is 0 Å². The van der Waals surface area contributed by atoms with Crippen LogP contribution in [-0.4, -0.2) is 31.2 Å². The summed E-state index contributed by atoms with van der Waals surface area (Å²) in [5, 5.41) is 5.62. The maximum atomic E-state index is 12.4. The molecule has 0 fully saturated rings. The molecule has 0 saturated heterocycles. The van der Waals surface area contributed by atoms with Crippen LogP contribution >= 0.6 is 0 Å². The summed E-state index contributed by atoms with van der Waals surface area (Å²) in [6, 6.07) is 13.1. The molecule has 0 bridgehead atoms. The number of benzene rings is 2. The van der Waals surface area contributed by atoms with Crippen LogP contribution in [0.25, 0.3) is 0 Å². The Bertz CT molecular complexity index is 885. The second-order valence-corrected chi connectivity index (χ2v) is 8.38. The highest BCUT2D eigenvalue weighted by atomic mass is 16.6. The van der Waals surface area contributed by atoms with Crippen molar-refractivity contribution in [2.45, 2.75) is 45.8 Å². The molecule has 3 rings (SSSR count). The van der Waals surface area contributed by atoms with E-state index >= 15 is 0 Å². The smallest absolute Gasteiger partial charge is 0.412 e. The second kappa shape index (κ2) is 8.55. The molecule has 0 atom stereocenters. The number of aryl methyl sites for hydroxylation is 1. The summed E-state index contributed by atoms with van der Waals surface area (Å²) in [5.41, 5.74) is 4.26. The van der Waals surface area contributed by atoms with Crippen molar-refractivity contribution in [3.05, 3.63) is 59.2 Å². The van der Waals surface area contributed by atoms with Crippen molar-refractivity contribution in [3.8, 4) is 0 Å². The van der Waals surface area contributed by atoms with E-state index in [1.165, 1.54) is 11.3 Å². The molecule has 6 heteroatoms. The molecule has 2 aromatic carbocycles. The molecule has 0 aliphatic carbocycles. The van der Waals surface area contributed by atoms with Gasteiger partial charge in [0.2, 0.25) is 0 Å². The predicted octanol–water partition coefficient (Wildman–Crippen LogP) is 4.35. The lowest BCUT2D eigenvalue weighted by atomic mass is 9.99. The number of amides is 2. The first-order valence-electron chi connectivity index (χ1n) is 9.92. The van der Waals surface area contributed by atoms with Gasteiger partial charge in [0, 0.05) is 37.1 Å². The molecule has 29 heavy (non-hydrogen) atoms. The van der Waals surface area contributed by atoms with Crippen molar-refractivity contribution >= 4 is 23.4 Å². The highest BCUT2D eigenvalue weighted by molar-refractivity contribution is 5.95. The zero-order valence-electron chi connectivity index (χ0n) is 17.5. The number of hydrogen-bond acceptors (Lipinski definition) is 4. The summed E-state index contributed by atoms with van der Waals surface area (Å²) in [6.07, 6.45) is 1.71. The van der Waals surface area contributed by atoms with Crippen LogP contribution in [0.1, 0.15) is 48.7 Å². The molecule has 1 aliphatic heterocycles. The number of hydrogen-bond donors (Lipinski definition) is 2.